The third-order valence-corrected chi connectivity index (χ3v) is 3.44. The van der Waals surface area contributed by atoms with Crippen molar-refractivity contribution < 1.29 is 4.74 Å². The topological polar surface area (TPSA) is 47.0 Å². The first-order valence-corrected chi connectivity index (χ1v) is 6.38. The van der Waals surface area contributed by atoms with Crippen LogP contribution < -0.4 is 5.32 Å². The molecule has 0 unspecified atom stereocenters. The van der Waals surface area contributed by atoms with E-state index in [0.29, 0.717) is 11.2 Å². The summed E-state index contributed by atoms with van der Waals surface area (Å²) in [5.41, 5.74) is 0. The van der Waals surface area contributed by atoms with Crippen LogP contribution >= 0.6 is 11.8 Å². The van der Waals surface area contributed by atoms with Crippen molar-refractivity contribution in [3.05, 3.63) is 11.9 Å². The summed E-state index contributed by atoms with van der Waals surface area (Å²) in [6.07, 6.45) is 0. The number of aromatic nitrogens is 2. The maximum absolute atomic E-state index is 5.16. The second-order valence-corrected chi connectivity index (χ2v) is 5.45. The zero-order valence-electron chi connectivity index (χ0n) is 9.86. The summed E-state index contributed by atoms with van der Waals surface area (Å²) in [4.78, 5) is 8.99. The molecule has 0 saturated carbocycles. The van der Waals surface area contributed by atoms with Crippen LogP contribution in [0.1, 0.15) is 25.6 Å². The minimum absolute atomic E-state index is 0.352. The molecular formula is C11H17N3OS. The molecular weight excluding hydrogens is 222 g/mol. The van der Waals surface area contributed by atoms with Crippen LogP contribution in [0.5, 0.6) is 0 Å². The van der Waals surface area contributed by atoms with E-state index in [-0.39, 0.29) is 0 Å². The molecule has 0 radical (unpaired) electrons. The largest absolute Gasteiger partial charge is 0.379 e. The Morgan fingerprint density at radius 2 is 2.19 bits per heavy atom. The third-order valence-electron chi connectivity index (χ3n) is 2.39. The molecule has 0 bridgehead atoms. The number of nitrogens with zero attached hydrogens (tertiary/aromatic N) is 2. The van der Waals surface area contributed by atoms with Gasteiger partial charge in [0.1, 0.15) is 16.7 Å². The minimum Gasteiger partial charge on any atom is -0.379 e. The first kappa shape index (κ1) is 11.7. The zero-order valence-corrected chi connectivity index (χ0v) is 10.7. The summed E-state index contributed by atoms with van der Waals surface area (Å²) in [7, 11) is 1.88. The summed E-state index contributed by atoms with van der Waals surface area (Å²) in [6, 6.07) is 1.99. The van der Waals surface area contributed by atoms with Gasteiger partial charge in [-0.15, -0.1) is 0 Å². The molecule has 1 aliphatic heterocycles. The third kappa shape index (κ3) is 2.65. The highest BCUT2D eigenvalue weighted by Gasteiger charge is 2.21. The second-order valence-electron chi connectivity index (χ2n) is 4.13. The Morgan fingerprint density at radius 1 is 1.44 bits per heavy atom. The van der Waals surface area contributed by atoms with E-state index in [9.17, 15) is 0 Å². The van der Waals surface area contributed by atoms with Gasteiger partial charge in [0.25, 0.3) is 0 Å². The molecule has 1 saturated heterocycles. The van der Waals surface area contributed by atoms with Crippen molar-refractivity contribution in [3.8, 4) is 0 Å². The van der Waals surface area contributed by atoms with E-state index in [1.54, 1.807) is 11.8 Å². The van der Waals surface area contributed by atoms with Crippen molar-refractivity contribution >= 4 is 17.6 Å². The van der Waals surface area contributed by atoms with Crippen LogP contribution in [0.4, 0.5) is 5.82 Å². The van der Waals surface area contributed by atoms with E-state index < -0.39 is 0 Å². The Morgan fingerprint density at radius 3 is 2.69 bits per heavy atom. The van der Waals surface area contributed by atoms with Gasteiger partial charge in [0, 0.05) is 19.0 Å². The Labute approximate surface area is 100 Å². The summed E-state index contributed by atoms with van der Waals surface area (Å²) in [5.74, 6) is 2.14. The molecule has 1 aromatic heterocycles. The molecule has 0 atom stereocenters. The van der Waals surface area contributed by atoms with Crippen LogP contribution in [0.25, 0.3) is 0 Å². The molecule has 0 aliphatic carbocycles. The molecule has 1 N–H and O–H groups in total. The maximum Gasteiger partial charge on any atom is 0.134 e. The number of hydrogen-bond acceptors (Lipinski definition) is 5. The molecule has 0 spiro atoms. The molecule has 16 heavy (non-hydrogen) atoms. The predicted molar refractivity (Wildman–Crippen MR) is 66.1 cm³/mol. The van der Waals surface area contributed by atoms with Crippen molar-refractivity contribution in [2.75, 3.05) is 25.6 Å². The van der Waals surface area contributed by atoms with Gasteiger partial charge in [-0.1, -0.05) is 25.6 Å². The van der Waals surface area contributed by atoms with Crippen LogP contribution in [0, 0.1) is 0 Å². The number of anilines is 1. The average Bonchev–Trinajstić information content (AvgIpc) is 2.23. The van der Waals surface area contributed by atoms with Gasteiger partial charge in [-0.2, -0.15) is 0 Å². The number of ether oxygens (including phenoxy) is 1. The molecule has 2 rings (SSSR count). The number of nitrogens with one attached hydrogen (secondary N) is 1. The highest BCUT2D eigenvalue weighted by atomic mass is 32.2. The fourth-order valence-corrected chi connectivity index (χ4v) is 2.34. The van der Waals surface area contributed by atoms with E-state index in [1.165, 1.54) is 0 Å². The lowest BCUT2D eigenvalue weighted by molar-refractivity contribution is 0.0454. The van der Waals surface area contributed by atoms with Crippen molar-refractivity contribution in [1.29, 1.82) is 0 Å². The Bertz CT molecular complexity index is 366. The standard InChI is InChI=1S/C11H17N3OS/c1-7(2)11-13-9(12-3)4-10(14-11)16-8-5-15-6-8/h4,7-8H,5-6H2,1-3H3,(H,12,13,14). The van der Waals surface area contributed by atoms with Crippen LogP contribution in [0.3, 0.4) is 0 Å². The van der Waals surface area contributed by atoms with Gasteiger partial charge in [0.15, 0.2) is 0 Å². The van der Waals surface area contributed by atoms with E-state index in [2.05, 4.69) is 29.1 Å². The maximum atomic E-state index is 5.16. The van der Waals surface area contributed by atoms with Gasteiger partial charge in [-0.3, -0.25) is 0 Å². The molecule has 5 heteroatoms. The zero-order chi connectivity index (χ0) is 11.5. The quantitative estimate of drug-likeness (QED) is 0.816. The van der Waals surface area contributed by atoms with Gasteiger partial charge >= 0.3 is 0 Å². The molecule has 4 nitrogen and oxygen atoms in total. The van der Waals surface area contributed by atoms with E-state index in [0.717, 1.165) is 29.9 Å². The van der Waals surface area contributed by atoms with Gasteiger partial charge in [0.2, 0.25) is 0 Å². The second kappa shape index (κ2) is 5.01. The van der Waals surface area contributed by atoms with Crippen LogP contribution in [-0.2, 0) is 4.74 Å². The molecule has 0 aromatic carbocycles. The van der Waals surface area contributed by atoms with E-state index in [4.69, 9.17) is 4.74 Å². The fraction of sp³-hybridized carbons (Fsp3) is 0.636. The SMILES string of the molecule is CNc1cc(SC2COC2)nc(C(C)C)n1. The molecule has 88 valence electrons. The normalized spacial score (nSPS) is 16.2. The highest BCUT2D eigenvalue weighted by Crippen LogP contribution is 2.28. The van der Waals surface area contributed by atoms with Crippen molar-refractivity contribution in [3.63, 3.8) is 0 Å². The van der Waals surface area contributed by atoms with Crippen LogP contribution in [0.2, 0.25) is 0 Å². The molecule has 0 amide bonds. The first-order valence-electron chi connectivity index (χ1n) is 5.50. The number of thioether (sulfide) groups is 1. The smallest absolute Gasteiger partial charge is 0.134 e. The van der Waals surface area contributed by atoms with E-state index >= 15 is 0 Å². The lowest BCUT2D eigenvalue weighted by atomic mass is 10.2. The average molecular weight is 239 g/mol. The Hall–Kier alpha value is -0.810. The fourth-order valence-electron chi connectivity index (χ4n) is 1.34. The summed E-state index contributed by atoms with van der Waals surface area (Å²) >= 11 is 1.78. The van der Waals surface area contributed by atoms with Gasteiger partial charge in [0.05, 0.1) is 18.5 Å². The lowest BCUT2D eigenvalue weighted by Crippen LogP contribution is -2.30. The summed E-state index contributed by atoms with van der Waals surface area (Å²) in [5, 5.41) is 4.67. The minimum atomic E-state index is 0.352. The van der Waals surface area contributed by atoms with Gasteiger partial charge < -0.3 is 10.1 Å². The number of rotatable bonds is 4. The highest BCUT2D eigenvalue weighted by molar-refractivity contribution is 8.00. The Kier molecular flexibility index (Phi) is 3.66. The van der Waals surface area contributed by atoms with Gasteiger partial charge in [-0.25, -0.2) is 9.97 Å². The number of hydrogen-bond donors (Lipinski definition) is 1. The Balaban J connectivity index is 2.18. The lowest BCUT2D eigenvalue weighted by Gasteiger charge is -2.25. The van der Waals surface area contributed by atoms with Gasteiger partial charge in [-0.05, 0) is 0 Å². The molecule has 1 fully saturated rings. The van der Waals surface area contributed by atoms with Crippen molar-refractivity contribution in [2.24, 2.45) is 0 Å². The van der Waals surface area contributed by atoms with E-state index in [1.807, 2.05) is 13.1 Å². The summed E-state index contributed by atoms with van der Waals surface area (Å²) < 4.78 is 5.16. The van der Waals surface area contributed by atoms with Crippen LogP contribution in [0.15, 0.2) is 11.1 Å². The van der Waals surface area contributed by atoms with Crippen molar-refractivity contribution in [2.45, 2.75) is 30.0 Å². The monoisotopic (exact) mass is 239 g/mol. The first-order chi connectivity index (χ1) is 7.69. The molecule has 1 aromatic rings. The molecule has 1 aliphatic rings. The predicted octanol–water partition coefficient (Wildman–Crippen LogP) is 2.13. The van der Waals surface area contributed by atoms with Crippen molar-refractivity contribution in [1.82, 2.24) is 9.97 Å². The summed E-state index contributed by atoms with van der Waals surface area (Å²) in [6.45, 7) is 5.88. The molecule has 2 heterocycles. The van der Waals surface area contributed by atoms with Crippen LogP contribution in [-0.4, -0.2) is 35.5 Å².